The average Bonchev–Trinajstić information content (AvgIpc) is 2.95. The highest BCUT2D eigenvalue weighted by atomic mass is 35.5. The Morgan fingerprint density at radius 1 is 1.03 bits per heavy atom. The Hall–Kier alpha value is -2.21. The molecule has 0 aromatic heterocycles. The molecule has 0 bridgehead atoms. The van der Waals surface area contributed by atoms with E-state index >= 15 is 0 Å². The van der Waals surface area contributed by atoms with Crippen molar-refractivity contribution in [1.29, 1.82) is 0 Å². The molecule has 0 atom stereocenters. The molecule has 6 nitrogen and oxygen atoms in total. The Labute approximate surface area is 187 Å². The monoisotopic (exact) mass is 493 g/mol. The van der Waals surface area contributed by atoms with Gasteiger partial charge in [-0.05, 0) is 55.4 Å². The number of alkyl halides is 3. The van der Waals surface area contributed by atoms with Gasteiger partial charge in [-0.25, -0.2) is 12.8 Å². The summed E-state index contributed by atoms with van der Waals surface area (Å²) in [5.41, 5.74) is -1.45. The second kappa shape index (κ2) is 9.74. The van der Waals surface area contributed by atoms with E-state index in [4.69, 9.17) is 11.6 Å². The number of halogens is 5. The maximum atomic E-state index is 13.2. The third-order valence-corrected chi connectivity index (χ3v) is 7.08. The van der Waals surface area contributed by atoms with Gasteiger partial charge in [-0.15, -0.1) is 0 Å². The number of anilines is 1. The number of benzene rings is 2. The zero-order valence-electron chi connectivity index (χ0n) is 16.7. The topological polar surface area (TPSA) is 69.7 Å². The van der Waals surface area contributed by atoms with Crippen LogP contribution in [0.15, 0.2) is 47.4 Å². The van der Waals surface area contributed by atoms with Crippen LogP contribution in [0.3, 0.4) is 0 Å². The largest absolute Gasteiger partial charge is 0.418 e. The molecule has 12 heteroatoms. The highest BCUT2D eigenvalue weighted by Gasteiger charge is 2.34. The number of amides is 1. The van der Waals surface area contributed by atoms with E-state index in [1.54, 1.807) is 4.90 Å². The Bertz CT molecular complexity index is 1080. The van der Waals surface area contributed by atoms with Crippen molar-refractivity contribution in [1.82, 2.24) is 9.21 Å². The predicted molar refractivity (Wildman–Crippen MR) is 111 cm³/mol. The quantitative estimate of drug-likeness (QED) is 0.643. The average molecular weight is 494 g/mol. The maximum absolute atomic E-state index is 13.2. The molecule has 0 spiro atoms. The zero-order valence-corrected chi connectivity index (χ0v) is 18.3. The summed E-state index contributed by atoms with van der Waals surface area (Å²) in [6, 6.07) is 7.57. The smallest absolute Gasteiger partial charge is 0.324 e. The number of sulfonamides is 1. The van der Waals surface area contributed by atoms with Crippen molar-refractivity contribution in [2.75, 3.05) is 38.0 Å². The molecule has 3 rings (SSSR count). The fourth-order valence-corrected chi connectivity index (χ4v) is 5.00. The number of nitrogens with zero attached hydrogens (tertiary/aromatic N) is 2. The van der Waals surface area contributed by atoms with Gasteiger partial charge < -0.3 is 5.32 Å². The molecule has 1 N–H and O–H groups in total. The first-order valence-electron chi connectivity index (χ1n) is 9.61. The maximum Gasteiger partial charge on any atom is 0.418 e. The number of rotatable bonds is 5. The lowest BCUT2D eigenvalue weighted by molar-refractivity contribution is -0.137. The van der Waals surface area contributed by atoms with Crippen molar-refractivity contribution in [3.63, 3.8) is 0 Å². The Morgan fingerprint density at radius 3 is 2.38 bits per heavy atom. The molecule has 1 aliphatic rings. The van der Waals surface area contributed by atoms with E-state index in [1.165, 1.54) is 22.5 Å². The first-order valence-corrected chi connectivity index (χ1v) is 11.4. The molecular formula is C20H20ClF4N3O3S. The van der Waals surface area contributed by atoms with E-state index in [2.05, 4.69) is 5.32 Å². The van der Waals surface area contributed by atoms with Crippen molar-refractivity contribution < 1.29 is 30.8 Å². The molecule has 1 heterocycles. The highest BCUT2D eigenvalue weighted by molar-refractivity contribution is 7.89. The zero-order chi connectivity index (χ0) is 23.5. The predicted octanol–water partition coefficient (Wildman–Crippen LogP) is 3.83. The van der Waals surface area contributed by atoms with E-state index < -0.39 is 39.2 Å². The Balaban J connectivity index is 1.63. The third-order valence-electron chi connectivity index (χ3n) is 4.93. The van der Waals surface area contributed by atoms with Crippen LogP contribution < -0.4 is 5.32 Å². The molecule has 0 saturated carbocycles. The lowest BCUT2D eigenvalue weighted by Gasteiger charge is -2.22. The van der Waals surface area contributed by atoms with E-state index in [9.17, 15) is 30.8 Å². The minimum Gasteiger partial charge on any atom is -0.324 e. The van der Waals surface area contributed by atoms with Gasteiger partial charge in [0.1, 0.15) is 5.82 Å². The van der Waals surface area contributed by atoms with Crippen LogP contribution in [0.2, 0.25) is 5.02 Å². The molecular weight excluding hydrogens is 474 g/mol. The van der Waals surface area contributed by atoms with Crippen molar-refractivity contribution in [2.24, 2.45) is 0 Å². The molecule has 32 heavy (non-hydrogen) atoms. The van der Waals surface area contributed by atoms with Crippen LogP contribution in [0.25, 0.3) is 0 Å². The van der Waals surface area contributed by atoms with Gasteiger partial charge in [0.05, 0.1) is 22.7 Å². The first kappa shape index (κ1) is 24.4. The highest BCUT2D eigenvalue weighted by Crippen LogP contribution is 2.36. The van der Waals surface area contributed by atoms with E-state index in [-0.39, 0.29) is 36.1 Å². The SMILES string of the molecule is O=C(CN1CCCN(S(=O)(=O)c2ccc(F)cc2)CC1)Nc1ccc(Cl)cc1C(F)(F)F. The van der Waals surface area contributed by atoms with Gasteiger partial charge in [-0.3, -0.25) is 9.69 Å². The van der Waals surface area contributed by atoms with E-state index in [1.807, 2.05) is 0 Å². The van der Waals surface area contributed by atoms with Gasteiger partial charge in [-0.1, -0.05) is 11.6 Å². The van der Waals surface area contributed by atoms with Gasteiger partial charge in [0.25, 0.3) is 0 Å². The van der Waals surface area contributed by atoms with Crippen LogP contribution in [0.4, 0.5) is 23.2 Å². The summed E-state index contributed by atoms with van der Waals surface area (Å²) < 4.78 is 79.5. The minimum absolute atomic E-state index is 0.0347. The van der Waals surface area contributed by atoms with Gasteiger partial charge in [-0.2, -0.15) is 17.5 Å². The number of hydrogen-bond donors (Lipinski definition) is 1. The first-order chi connectivity index (χ1) is 15.0. The van der Waals surface area contributed by atoms with Crippen LogP contribution in [0, 0.1) is 5.82 Å². The third kappa shape index (κ3) is 5.97. The molecule has 1 fully saturated rings. The van der Waals surface area contributed by atoms with Crippen molar-refractivity contribution in [2.45, 2.75) is 17.5 Å². The van der Waals surface area contributed by atoms with Gasteiger partial charge in [0, 0.05) is 24.7 Å². The summed E-state index contributed by atoms with van der Waals surface area (Å²) in [4.78, 5) is 14.0. The molecule has 0 radical (unpaired) electrons. The number of carbonyl (C=O) groups is 1. The molecule has 2 aromatic rings. The second-order valence-corrected chi connectivity index (χ2v) is 9.60. The van der Waals surface area contributed by atoms with Gasteiger partial charge in [0.15, 0.2) is 0 Å². The summed E-state index contributed by atoms with van der Waals surface area (Å²) in [6.45, 7) is 0.676. The molecule has 0 aliphatic carbocycles. The van der Waals surface area contributed by atoms with Crippen LogP contribution in [0.1, 0.15) is 12.0 Å². The number of nitrogens with one attached hydrogen (secondary N) is 1. The Kier molecular flexibility index (Phi) is 7.43. The van der Waals surface area contributed by atoms with E-state index in [0.29, 0.717) is 13.0 Å². The molecule has 1 aliphatic heterocycles. The second-order valence-electron chi connectivity index (χ2n) is 7.22. The van der Waals surface area contributed by atoms with Crippen molar-refractivity contribution >= 4 is 33.2 Å². The van der Waals surface area contributed by atoms with Crippen molar-refractivity contribution in [3.8, 4) is 0 Å². The summed E-state index contributed by atoms with van der Waals surface area (Å²) in [6.07, 6.45) is -4.27. The summed E-state index contributed by atoms with van der Waals surface area (Å²) in [5, 5.41) is 2.15. The van der Waals surface area contributed by atoms with Crippen LogP contribution >= 0.6 is 11.6 Å². The molecule has 174 valence electrons. The molecule has 1 saturated heterocycles. The van der Waals surface area contributed by atoms with Crippen LogP contribution in [-0.2, 0) is 21.0 Å². The fourth-order valence-electron chi connectivity index (χ4n) is 3.35. The van der Waals surface area contributed by atoms with Gasteiger partial charge >= 0.3 is 6.18 Å². The standard InChI is InChI=1S/C20H20ClF4N3O3S/c21-14-2-7-18(17(12-14)20(23,24)25)26-19(29)13-27-8-1-9-28(11-10-27)32(30,31)16-5-3-15(22)4-6-16/h2-7,12H,1,8-11,13H2,(H,26,29). The number of carbonyl (C=O) groups excluding carboxylic acids is 1. The molecule has 1 amide bonds. The number of hydrogen-bond acceptors (Lipinski definition) is 4. The van der Waals surface area contributed by atoms with Gasteiger partial charge in [0.2, 0.25) is 15.9 Å². The summed E-state index contributed by atoms with van der Waals surface area (Å²) in [7, 11) is -3.83. The van der Waals surface area contributed by atoms with Crippen LogP contribution in [-0.4, -0.2) is 56.3 Å². The summed E-state index contributed by atoms with van der Waals surface area (Å²) >= 11 is 5.64. The molecule has 2 aromatic carbocycles. The lowest BCUT2D eigenvalue weighted by atomic mass is 10.1. The molecule has 0 unspecified atom stereocenters. The minimum atomic E-state index is -4.69. The normalized spacial score (nSPS) is 16.5. The van der Waals surface area contributed by atoms with Crippen LogP contribution in [0.5, 0.6) is 0 Å². The Morgan fingerprint density at radius 2 is 1.72 bits per heavy atom. The van der Waals surface area contributed by atoms with Crippen molar-refractivity contribution in [3.05, 3.63) is 58.9 Å². The summed E-state index contributed by atoms with van der Waals surface area (Å²) in [5.74, 6) is -1.21. The fraction of sp³-hybridized carbons (Fsp3) is 0.350. The lowest BCUT2D eigenvalue weighted by Crippen LogP contribution is -2.38. The van der Waals surface area contributed by atoms with E-state index in [0.717, 1.165) is 24.3 Å².